The van der Waals surface area contributed by atoms with Crippen LogP contribution in [0.2, 0.25) is 0 Å². The molecule has 3 aromatic rings. The number of nitrogens with zero attached hydrogens (tertiary/aromatic N) is 3. The van der Waals surface area contributed by atoms with Gasteiger partial charge < -0.3 is 9.84 Å². The Bertz CT molecular complexity index is 724. The number of hydrogen-bond donors (Lipinski definition) is 1. The SMILES string of the molecule is CNc1ccccc1-c1nc(-c2ccc(F)cn2)no1. The van der Waals surface area contributed by atoms with E-state index in [9.17, 15) is 4.39 Å². The predicted molar refractivity (Wildman–Crippen MR) is 72.5 cm³/mol. The molecule has 0 fully saturated rings. The van der Waals surface area contributed by atoms with Crippen LogP contribution in [0.15, 0.2) is 47.1 Å². The third-order valence-electron chi connectivity index (χ3n) is 2.81. The molecule has 0 radical (unpaired) electrons. The number of pyridine rings is 1. The van der Waals surface area contributed by atoms with E-state index in [1.807, 2.05) is 31.3 Å². The topological polar surface area (TPSA) is 63.8 Å². The second kappa shape index (κ2) is 5.08. The Morgan fingerprint density at radius 1 is 1.15 bits per heavy atom. The summed E-state index contributed by atoms with van der Waals surface area (Å²) in [6, 6.07) is 10.4. The van der Waals surface area contributed by atoms with Crippen LogP contribution < -0.4 is 5.32 Å². The van der Waals surface area contributed by atoms with Crippen molar-refractivity contribution in [3.05, 3.63) is 48.4 Å². The monoisotopic (exact) mass is 270 g/mol. The zero-order valence-electron chi connectivity index (χ0n) is 10.7. The van der Waals surface area contributed by atoms with Crippen molar-refractivity contribution >= 4 is 5.69 Å². The number of nitrogens with one attached hydrogen (secondary N) is 1. The summed E-state index contributed by atoms with van der Waals surface area (Å²) in [4.78, 5) is 8.21. The normalized spacial score (nSPS) is 10.5. The van der Waals surface area contributed by atoms with Gasteiger partial charge in [0.15, 0.2) is 0 Å². The van der Waals surface area contributed by atoms with Gasteiger partial charge in [-0.1, -0.05) is 17.3 Å². The molecule has 2 heterocycles. The molecule has 5 nitrogen and oxygen atoms in total. The van der Waals surface area contributed by atoms with Gasteiger partial charge in [0, 0.05) is 12.7 Å². The fraction of sp³-hybridized carbons (Fsp3) is 0.0714. The summed E-state index contributed by atoms with van der Waals surface area (Å²) in [6.07, 6.45) is 1.12. The van der Waals surface area contributed by atoms with Crippen LogP contribution in [0.25, 0.3) is 23.0 Å². The number of anilines is 1. The van der Waals surface area contributed by atoms with Crippen LogP contribution in [0.5, 0.6) is 0 Å². The Morgan fingerprint density at radius 3 is 2.75 bits per heavy atom. The molecule has 0 amide bonds. The summed E-state index contributed by atoms with van der Waals surface area (Å²) in [7, 11) is 1.82. The Balaban J connectivity index is 2.00. The number of halogens is 1. The van der Waals surface area contributed by atoms with Gasteiger partial charge in [-0.15, -0.1) is 0 Å². The number of benzene rings is 1. The van der Waals surface area contributed by atoms with Crippen molar-refractivity contribution < 1.29 is 8.91 Å². The first kappa shape index (κ1) is 12.3. The second-order valence-corrected chi connectivity index (χ2v) is 4.08. The second-order valence-electron chi connectivity index (χ2n) is 4.08. The van der Waals surface area contributed by atoms with Crippen molar-refractivity contribution in [2.24, 2.45) is 0 Å². The van der Waals surface area contributed by atoms with Gasteiger partial charge in [0.1, 0.15) is 11.5 Å². The van der Waals surface area contributed by atoms with E-state index in [0.29, 0.717) is 17.4 Å². The summed E-state index contributed by atoms with van der Waals surface area (Å²) in [5.74, 6) is 0.306. The molecule has 3 rings (SSSR count). The first-order chi connectivity index (χ1) is 9.78. The maximum atomic E-state index is 12.8. The highest BCUT2D eigenvalue weighted by atomic mass is 19.1. The van der Waals surface area contributed by atoms with Crippen LogP contribution in [0.4, 0.5) is 10.1 Å². The van der Waals surface area contributed by atoms with Crippen LogP contribution >= 0.6 is 0 Å². The molecule has 0 bridgehead atoms. The van der Waals surface area contributed by atoms with E-state index in [1.54, 1.807) is 0 Å². The van der Waals surface area contributed by atoms with Crippen molar-refractivity contribution in [3.8, 4) is 23.0 Å². The lowest BCUT2D eigenvalue weighted by Crippen LogP contribution is -1.91. The fourth-order valence-electron chi connectivity index (χ4n) is 1.83. The zero-order chi connectivity index (χ0) is 13.9. The number of para-hydroxylation sites is 1. The highest BCUT2D eigenvalue weighted by molar-refractivity contribution is 5.72. The molecule has 0 aliphatic heterocycles. The van der Waals surface area contributed by atoms with Gasteiger partial charge in [0.25, 0.3) is 5.89 Å². The van der Waals surface area contributed by atoms with Gasteiger partial charge in [-0.3, -0.25) is 0 Å². The lowest BCUT2D eigenvalue weighted by atomic mass is 10.2. The predicted octanol–water partition coefficient (Wildman–Crippen LogP) is 2.98. The quantitative estimate of drug-likeness (QED) is 0.792. The van der Waals surface area contributed by atoms with Gasteiger partial charge in [0.2, 0.25) is 5.82 Å². The van der Waals surface area contributed by atoms with Gasteiger partial charge in [-0.05, 0) is 24.3 Å². The van der Waals surface area contributed by atoms with Gasteiger partial charge >= 0.3 is 0 Å². The van der Waals surface area contributed by atoms with Crippen molar-refractivity contribution in [2.45, 2.75) is 0 Å². The molecule has 0 aliphatic carbocycles. The third-order valence-corrected chi connectivity index (χ3v) is 2.81. The maximum Gasteiger partial charge on any atom is 0.260 e. The van der Waals surface area contributed by atoms with E-state index in [1.165, 1.54) is 12.1 Å². The van der Waals surface area contributed by atoms with E-state index in [4.69, 9.17) is 4.52 Å². The van der Waals surface area contributed by atoms with E-state index < -0.39 is 5.82 Å². The summed E-state index contributed by atoms with van der Waals surface area (Å²) in [6.45, 7) is 0. The van der Waals surface area contributed by atoms with Crippen LogP contribution in [0, 0.1) is 5.82 Å². The van der Waals surface area contributed by atoms with Crippen LogP contribution in [-0.4, -0.2) is 22.2 Å². The molecule has 0 aliphatic rings. The molecular weight excluding hydrogens is 259 g/mol. The van der Waals surface area contributed by atoms with Crippen LogP contribution in [0.1, 0.15) is 0 Å². The Kier molecular flexibility index (Phi) is 3.12. The first-order valence-electron chi connectivity index (χ1n) is 6.01. The minimum absolute atomic E-state index is 0.325. The molecule has 1 N–H and O–H groups in total. The van der Waals surface area contributed by atoms with E-state index in [-0.39, 0.29) is 0 Å². The number of rotatable bonds is 3. The molecular formula is C14H11FN4O. The van der Waals surface area contributed by atoms with Crippen molar-refractivity contribution in [2.75, 3.05) is 12.4 Å². The summed E-state index contributed by atoms with van der Waals surface area (Å²) in [5, 5.41) is 6.93. The zero-order valence-corrected chi connectivity index (χ0v) is 10.7. The van der Waals surface area contributed by atoms with Crippen molar-refractivity contribution in [1.82, 2.24) is 15.1 Å². The molecule has 0 atom stereocenters. The Labute approximate surface area is 114 Å². The van der Waals surface area contributed by atoms with Gasteiger partial charge in [-0.25, -0.2) is 9.37 Å². The number of aromatic nitrogens is 3. The minimum atomic E-state index is -0.405. The molecule has 20 heavy (non-hydrogen) atoms. The van der Waals surface area contributed by atoms with E-state index in [0.717, 1.165) is 17.4 Å². The summed E-state index contributed by atoms with van der Waals surface area (Å²) < 4.78 is 18.1. The Morgan fingerprint density at radius 2 is 2.00 bits per heavy atom. The van der Waals surface area contributed by atoms with Crippen LogP contribution in [0.3, 0.4) is 0 Å². The molecule has 100 valence electrons. The molecule has 0 saturated heterocycles. The molecule has 0 unspecified atom stereocenters. The van der Waals surface area contributed by atoms with Gasteiger partial charge in [0.05, 0.1) is 11.8 Å². The van der Waals surface area contributed by atoms with Crippen molar-refractivity contribution in [3.63, 3.8) is 0 Å². The van der Waals surface area contributed by atoms with Crippen molar-refractivity contribution in [1.29, 1.82) is 0 Å². The van der Waals surface area contributed by atoms with E-state index >= 15 is 0 Å². The summed E-state index contributed by atoms with van der Waals surface area (Å²) >= 11 is 0. The average molecular weight is 270 g/mol. The Hall–Kier alpha value is -2.76. The third kappa shape index (κ3) is 2.23. The smallest absolute Gasteiger partial charge is 0.260 e. The largest absolute Gasteiger partial charge is 0.387 e. The molecule has 1 aromatic carbocycles. The minimum Gasteiger partial charge on any atom is -0.387 e. The average Bonchev–Trinajstić information content (AvgIpc) is 2.97. The lowest BCUT2D eigenvalue weighted by molar-refractivity contribution is 0.432. The fourth-order valence-corrected chi connectivity index (χ4v) is 1.83. The molecule has 0 spiro atoms. The summed E-state index contributed by atoms with van der Waals surface area (Å²) in [5.41, 5.74) is 2.15. The van der Waals surface area contributed by atoms with E-state index in [2.05, 4.69) is 20.4 Å². The lowest BCUT2D eigenvalue weighted by Gasteiger charge is -2.03. The maximum absolute atomic E-state index is 12.8. The molecule has 0 saturated carbocycles. The molecule has 2 aromatic heterocycles. The highest BCUT2D eigenvalue weighted by Gasteiger charge is 2.13. The number of hydrogen-bond acceptors (Lipinski definition) is 5. The highest BCUT2D eigenvalue weighted by Crippen LogP contribution is 2.27. The molecule has 6 heteroatoms. The van der Waals surface area contributed by atoms with Gasteiger partial charge in [-0.2, -0.15) is 4.98 Å². The first-order valence-corrected chi connectivity index (χ1v) is 6.01. The van der Waals surface area contributed by atoms with Crippen LogP contribution in [-0.2, 0) is 0 Å². The standard InChI is InChI=1S/C14H11FN4O/c1-16-11-5-3-2-4-10(11)14-18-13(19-20-14)12-7-6-9(15)8-17-12/h2-8,16H,1H3.